The summed E-state index contributed by atoms with van der Waals surface area (Å²) < 4.78 is 0. The molecule has 8 nitrogen and oxygen atoms in total. The molecule has 0 aromatic heterocycles. The maximum absolute atomic E-state index is 13.1. The number of rotatable bonds is 6. The number of carbonyl (C=O) groups excluding carboxylic acids is 3. The van der Waals surface area contributed by atoms with Gasteiger partial charge in [0.05, 0.1) is 11.4 Å². The van der Waals surface area contributed by atoms with Crippen molar-refractivity contribution in [3.05, 3.63) is 94.5 Å². The van der Waals surface area contributed by atoms with Crippen molar-refractivity contribution in [2.24, 2.45) is 5.73 Å². The van der Waals surface area contributed by atoms with Crippen LogP contribution < -0.4 is 21.3 Å². The number of carbonyl (C=O) groups is 3. The molecule has 3 aromatic carbocycles. The molecule has 3 amide bonds. The number of hydrogen-bond donors (Lipinski definition) is 3. The van der Waals surface area contributed by atoms with Gasteiger partial charge in [0, 0.05) is 60.0 Å². The van der Waals surface area contributed by atoms with E-state index in [2.05, 4.69) is 15.5 Å². The number of nitrogens with zero attached hydrogens (tertiary/aromatic N) is 2. The summed E-state index contributed by atoms with van der Waals surface area (Å²) in [5.41, 5.74) is 8.95. The van der Waals surface area contributed by atoms with Crippen molar-refractivity contribution in [1.29, 1.82) is 0 Å². The average molecular weight is 560 g/mol. The third-order valence-corrected chi connectivity index (χ3v) is 7.86. The van der Waals surface area contributed by atoms with E-state index in [1.165, 1.54) is 0 Å². The van der Waals surface area contributed by atoms with E-state index in [0.717, 1.165) is 31.4 Å². The number of amides is 3. The normalized spacial score (nSPS) is 19.1. The molecule has 1 saturated carbocycles. The number of halogens is 1. The Hall–Kier alpha value is -3.88. The SMILES string of the molecule is NC1CCC(NC(=O)c2ccc(N3CCN(C(=O)c4cccc(Cl)c4)CC3)c(NC(=O)c3ccccc3)c2)CC1. The van der Waals surface area contributed by atoms with E-state index < -0.39 is 0 Å². The second-order valence-electron chi connectivity index (χ2n) is 10.4. The molecular weight excluding hydrogens is 526 g/mol. The Morgan fingerprint density at radius 1 is 0.750 bits per heavy atom. The maximum atomic E-state index is 13.1. The van der Waals surface area contributed by atoms with Crippen molar-refractivity contribution >= 4 is 40.7 Å². The lowest BCUT2D eigenvalue weighted by Gasteiger charge is -2.37. The lowest BCUT2D eigenvalue weighted by molar-refractivity contribution is 0.0746. The monoisotopic (exact) mass is 559 g/mol. The van der Waals surface area contributed by atoms with E-state index in [0.29, 0.717) is 53.6 Å². The largest absolute Gasteiger partial charge is 0.366 e. The summed E-state index contributed by atoms with van der Waals surface area (Å²) in [4.78, 5) is 43.2. The van der Waals surface area contributed by atoms with Crippen LogP contribution in [-0.2, 0) is 0 Å². The highest BCUT2D eigenvalue weighted by molar-refractivity contribution is 6.31. The van der Waals surface area contributed by atoms with Crippen LogP contribution in [0.25, 0.3) is 0 Å². The highest BCUT2D eigenvalue weighted by Gasteiger charge is 2.26. The molecule has 1 aliphatic heterocycles. The molecule has 0 atom stereocenters. The van der Waals surface area contributed by atoms with Crippen LogP contribution in [0.4, 0.5) is 11.4 Å². The smallest absolute Gasteiger partial charge is 0.255 e. The van der Waals surface area contributed by atoms with E-state index in [9.17, 15) is 14.4 Å². The minimum atomic E-state index is -0.254. The van der Waals surface area contributed by atoms with Gasteiger partial charge in [-0.05, 0) is 74.2 Å². The highest BCUT2D eigenvalue weighted by atomic mass is 35.5. The molecule has 0 spiro atoms. The summed E-state index contributed by atoms with van der Waals surface area (Å²) in [6.07, 6.45) is 3.52. The first-order chi connectivity index (χ1) is 19.4. The summed E-state index contributed by atoms with van der Waals surface area (Å²) in [5, 5.41) is 6.68. The summed E-state index contributed by atoms with van der Waals surface area (Å²) in [5.74, 6) is -0.481. The minimum absolute atomic E-state index is 0.0598. The minimum Gasteiger partial charge on any atom is -0.366 e. The van der Waals surface area contributed by atoms with Crippen molar-refractivity contribution in [3.8, 4) is 0 Å². The third-order valence-electron chi connectivity index (χ3n) is 7.63. The number of nitrogens with one attached hydrogen (secondary N) is 2. The molecule has 0 radical (unpaired) electrons. The lowest BCUT2D eigenvalue weighted by Crippen LogP contribution is -2.49. The van der Waals surface area contributed by atoms with Gasteiger partial charge in [-0.3, -0.25) is 14.4 Å². The Morgan fingerprint density at radius 2 is 1.45 bits per heavy atom. The van der Waals surface area contributed by atoms with Gasteiger partial charge in [0.1, 0.15) is 0 Å². The van der Waals surface area contributed by atoms with E-state index in [4.69, 9.17) is 17.3 Å². The fourth-order valence-corrected chi connectivity index (χ4v) is 5.51. The van der Waals surface area contributed by atoms with E-state index in [1.54, 1.807) is 48.5 Å². The zero-order valence-electron chi connectivity index (χ0n) is 22.3. The molecule has 0 unspecified atom stereocenters. The van der Waals surface area contributed by atoms with Gasteiger partial charge in [0.25, 0.3) is 17.7 Å². The van der Waals surface area contributed by atoms with Gasteiger partial charge >= 0.3 is 0 Å². The third kappa shape index (κ3) is 6.63. The van der Waals surface area contributed by atoms with Crippen molar-refractivity contribution in [2.45, 2.75) is 37.8 Å². The molecule has 2 aliphatic rings. The quantitative estimate of drug-likeness (QED) is 0.410. The van der Waals surface area contributed by atoms with Crippen LogP contribution >= 0.6 is 11.6 Å². The molecule has 40 heavy (non-hydrogen) atoms. The highest BCUT2D eigenvalue weighted by Crippen LogP contribution is 2.30. The van der Waals surface area contributed by atoms with Gasteiger partial charge in [0.15, 0.2) is 0 Å². The molecule has 9 heteroatoms. The van der Waals surface area contributed by atoms with Crippen molar-refractivity contribution in [3.63, 3.8) is 0 Å². The second-order valence-corrected chi connectivity index (χ2v) is 10.9. The number of nitrogens with two attached hydrogens (primary N) is 1. The summed E-state index contributed by atoms with van der Waals surface area (Å²) in [6, 6.07) is 21.7. The molecule has 1 aliphatic carbocycles. The van der Waals surface area contributed by atoms with Gasteiger partial charge in [-0.15, -0.1) is 0 Å². The second kappa shape index (κ2) is 12.5. The molecule has 5 rings (SSSR count). The summed E-state index contributed by atoms with van der Waals surface area (Å²) in [6.45, 7) is 2.19. The van der Waals surface area contributed by atoms with Crippen LogP contribution in [0.15, 0.2) is 72.8 Å². The molecule has 3 aromatic rings. The van der Waals surface area contributed by atoms with Crippen molar-refractivity contribution in [1.82, 2.24) is 10.2 Å². The van der Waals surface area contributed by atoms with Crippen molar-refractivity contribution < 1.29 is 14.4 Å². The first-order valence-electron chi connectivity index (χ1n) is 13.7. The number of piperazine rings is 1. The van der Waals surface area contributed by atoms with Crippen molar-refractivity contribution in [2.75, 3.05) is 36.4 Å². The van der Waals surface area contributed by atoms with E-state index in [1.807, 2.05) is 29.2 Å². The Balaban J connectivity index is 1.33. The molecule has 2 fully saturated rings. The molecule has 4 N–H and O–H groups in total. The van der Waals surface area contributed by atoms with E-state index in [-0.39, 0.29) is 29.8 Å². The maximum Gasteiger partial charge on any atom is 0.255 e. The van der Waals surface area contributed by atoms with Gasteiger partial charge in [-0.1, -0.05) is 35.9 Å². The predicted octanol–water partition coefficient (Wildman–Crippen LogP) is 4.55. The summed E-state index contributed by atoms with van der Waals surface area (Å²) >= 11 is 6.08. The average Bonchev–Trinajstić information content (AvgIpc) is 2.98. The topological polar surface area (TPSA) is 108 Å². The van der Waals surface area contributed by atoms with Gasteiger partial charge in [0.2, 0.25) is 0 Å². The molecule has 0 bridgehead atoms. The predicted molar refractivity (Wildman–Crippen MR) is 158 cm³/mol. The van der Waals surface area contributed by atoms with Crippen LogP contribution in [0.1, 0.15) is 56.8 Å². The van der Waals surface area contributed by atoms with Gasteiger partial charge < -0.3 is 26.2 Å². The van der Waals surface area contributed by atoms with Crippen LogP contribution in [-0.4, -0.2) is 60.9 Å². The Morgan fingerprint density at radius 3 is 2.15 bits per heavy atom. The first-order valence-corrected chi connectivity index (χ1v) is 14.1. The van der Waals surface area contributed by atoms with Crippen LogP contribution in [0, 0.1) is 0 Å². The zero-order chi connectivity index (χ0) is 28.1. The first kappa shape index (κ1) is 27.7. The molecule has 1 heterocycles. The molecular formula is C31H34ClN5O3. The lowest BCUT2D eigenvalue weighted by atomic mass is 9.91. The zero-order valence-corrected chi connectivity index (χ0v) is 23.1. The van der Waals surface area contributed by atoms with E-state index >= 15 is 0 Å². The number of hydrogen-bond acceptors (Lipinski definition) is 5. The Labute approximate surface area is 239 Å². The summed E-state index contributed by atoms with van der Waals surface area (Å²) in [7, 11) is 0. The number of benzene rings is 3. The molecule has 1 saturated heterocycles. The Bertz CT molecular complexity index is 1370. The van der Waals surface area contributed by atoms with Gasteiger partial charge in [-0.2, -0.15) is 0 Å². The van der Waals surface area contributed by atoms with Crippen LogP contribution in [0.2, 0.25) is 5.02 Å². The van der Waals surface area contributed by atoms with Gasteiger partial charge in [-0.25, -0.2) is 0 Å². The van der Waals surface area contributed by atoms with Crippen LogP contribution in [0.5, 0.6) is 0 Å². The Kier molecular flexibility index (Phi) is 8.67. The fourth-order valence-electron chi connectivity index (χ4n) is 5.32. The number of anilines is 2. The standard InChI is InChI=1S/C31H34ClN5O3/c32-24-8-4-7-23(19-24)31(40)37-17-15-36(16-18-37)28-14-9-22(30(39)34-26-12-10-25(33)11-13-26)20-27(28)35-29(38)21-5-2-1-3-6-21/h1-9,14,19-20,25-26H,10-13,15-18,33H2,(H,34,39)(H,35,38). The fraction of sp³-hybridized carbons (Fsp3) is 0.323. The molecule has 208 valence electrons. The van der Waals surface area contributed by atoms with Crippen LogP contribution in [0.3, 0.4) is 0 Å².